The molecule has 0 radical (unpaired) electrons. The SMILES string of the molecule is CC(C)CCCC(C)(O)c1cncc(F)c1. The van der Waals surface area contributed by atoms with Crippen LogP contribution in [-0.2, 0) is 5.60 Å². The van der Waals surface area contributed by atoms with E-state index >= 15 is 0 Å². The largest absolute Gasteiger partial charge is 0.385 e. The molecule has 1 aromatic rings. The summed E-state index contributed by atoms with van der Waals surface area (Å²) in [5, 5.41) is 10.2. The van der Waals surface area contributed by atoms with Crippen LogP contribution in [0.4, 0.5) is 4.39 Å². The van der Waals surface area contributed by atoms with Gasteiger partial charge in [-0.2, -0.15) is 0 Å². The second-order valence-electron chi connectivity index (χ2n) is 4.95. The highest BCUT2D eigenvalue weighted by Gasteiger charge is 2.23. The van der Waals surface area contributed by atoms with Gasteiger partial charge in [-0.15, -0.1) is 0 Å². The molecule has 0 fully saturated rings. The van der Waals surface area contributed by atoms with Crippen LogP contribution in [-0.4, -0.2) is 10.1 Å². The van der Waals surface area contributed by atoms with Crippen LogP contribution in [0.25, 0.3) is 0 Å². The summed E-state index contributed by atoms with van der Waals surface area (Å²) in [6.45, 7) is 6.01. The van der Waals surface area contributed by atoms with Crippen LogP contribution in [0.2, 0.25) is 0 Å². The second-order valence-corrected chi connectivity index (χ2v) is 4.95. The quantitative estimate of drug-likeness (QED) is 0.834. The minimum Gasteiger partial charge on any atom is -0.385 e. The van der Waals surface area contributed by atoms with Crippen molar-refractivity contribution in [3.63, 3.8) is 0 Å². The summed E-state index contributed by atoms with van der Waals surface area (Å²) in [6, 6.07) is 1.35. The van der Waals surface area contributed by atoms with Crippen LogP contribution in [0.5, 0.6) is 0 Å². The highest BCUT2D eigenvalue weighted by molar-refractivity contribution is 5.17. The molecule has 0 aliphatic rings. The Morgan fingerprint density at radius 3 is 2.69 bits per heavy atom. The number of hydrogen-bond acceptors (Lipinski definition) is 2. The summed E-state index contributed by atoms with van der Waals surface area (Å²) in [4.78, 5) is 3.76. The monoisotopic (exact) mass is 225 g/mol. The lowest BCUT2D eigenvalue weighted by Crippen LogP contribution is -2.21. The Kier molecular flexibility index (Phi) is 4.42. The Hall–Kier alpha value is -0.960. The number of aliphatic hydroxyl groups is 1. The Morgan fingerprint density at radius 1 is 1.44 bits per heavy atom. The molecule has 90 valence electrons. The van der Waals surface area contributed by atoms with Gasteiger partial charge >= 0.3 is 0 Å². The number of hydrogen-bond donors (Lipinski definition) is 1. The van der Waals surface area contributed by atoms with Gasteiger partial charge < -0.3 is 5.11 Å². The lowest BCUT2D eigenvalue weighted by Gasteiger charge is -2.23. The Labute approximate surface area is 96.5 Å². The third-order valence-electron chi connectivity index (χ3n) is 2.77. The molecule has 0 aliphatic heterocycles. The van der Waals surface area contributed by atoms with E-state index in [1.165, 1.54) is 12.3 Å². The Bertz CT molecular complexity index is 336. The minimum absolute atomic E-state index is 0.401. The topological polar surface area (TPSA) is 33.1 Å². The first-order valence-electron chi connectivity index (χ1n) is 5.75. The fraction of sp³-hybridized carbons (Fsp3) is 0.615. The normalized spacial score (nSPS) is 15.1. The summed E-state index contributed by atoms with van der Waals surface area (Å²) in [5.74, 6) is 0.225. The first-order chi connectivity index (χ1) is 7.42. The number of aromatic nitrogens is 1. The van der Waals surface area contributed by atoms with Crippen molar-refractivity contribution in [1.29, 1.82) is 0 Å². The molecule has 0 saturated heterocycles. The zero-order chi connectivity index (χ0) is 12.2. The maximum Gasteiger partial charge on any atom is 0.141 e. The van der Waals surface area contributed by atoms with Gasteiger partial charge in [0.2, 0.25) is 0 Å². The zero-order valence-electron chi connectivity index (χ0n) is 10.2. The molecular weight excluding hydrogens is 205 g/mol. The summed E-state index contributed by atoms with van der Waals surface area (Å²) in [6.07, 6.45) is 5.31. The zero-order valence-corrected chi connectivity index (χ0v) is 10.2. The minimum atomic E-state index is -0.982. The molecule has 1 rings (SSSR count). The van der Waals surface area contributed by atoms with Gasteiger partial charge in [-0.05, 0) is 31.7 Å². The molecule has 0 saturated carbocycles. The second kappa shape index (κ2) is 5.39. The molecule has 0 bridgehead atoms. The van der Waals surface area contributed by atoms with Gasteiger partial charge in [0, 0.05) is 11.8 Å². The van der Waals surface area contributed by atoms with Crippen LogP contribution in [0, 0.1) is 11.7 Å². The fourth-order valence-corrected chi connectivity index (χ4v) is 1.71. The average Bonchev–Trinajstić information content (AvgIpc) is 2.16. The van der Waals surface area contributed by atoms with Gasteiger partial charge in [0.25, 0.3) is 0 Å². The Morgan fingerprint density at radius 2 is 2.12 bits per heavy atom. The van der Waals surface area contributed by atoms with E-state index in [2.05, 4.69) is 18.8 Å². The van der Waals surface area contributed by atoms with Crippen molar-refractivity contribution in [1.82, 2.24) is 4.98 Å². The first-order valence-corrected chi connectivity index (χ1v) is 5.75. The van der Waals surface area contributed by atoms with Crippen molar-refractivity contribution in [2.24, 2.45) is 5.92 Å². The fourth-order valence-electron chi connectivity index (χ4n) is 1.71. The van der Waals surface area contributed by atoms with Gasteiger partial charge in [0.05, 0.1) is 11.8 Å². The van der Waals surface area contributed by atoms with E-state index in [1.54, 1.807) is 6.92 Å². The molecular formula is C13H20FNO. The first kappa shape index (κ1) is 13.1. The van der Waals surface area contributed by atoms with E-state index in [0.29, 0.717) is 17.9 Å². The van der Waals surface area contributed by atoms with E-state index in [1.807, 2.05) is 0 Å². The van der Waals surface area contributed by atoms with Crippen LogP contribution in [0.3, 0.4) is 0 Å². The van der Waals surface area contributed by atoms with Gasteiger partial charge in [-0.25, -0.2) is 4.39 Å². The molecule has 0 spiro atoms. The van der Waals surface area contributed by atoms with Gasteiger partial charge in [-0.1, -0.05) is 20.3 Å². The van der Waals surface area contributed by atoms with E-state index < -0.39 is 11.4 Å². The molecule has 1 atom stereocenters. The standard InChI is InChI=1S/C13H20FNO/c1-10(2)5-4-6-13(3,16)11-7-12(14)9-15-8-11/h7-10,16H,4-6H2,1-3H3. The maximum absolute atomic E-state index is 13.0. The van der Waals surface area contributed by atoms with E-state index in [4.69, 9.17) is 0 Å². The molecule has 1 heterocycles. The number of halogens is 1. The summed E-state index contributed by atoms with van der Waals surface area (Å²) in [5.41, 5.74) is -0.430. The number of rotatable bonds is 5. The average molecular weight is 225 g/mol. The van der Waals surface area contributed by atoms with E-state index in [-0.39, 0.29) is 0 Å². The maximum atomic E-state index is 13.0. The third kappa shape index (κ3) is 3.89. The van der Waals surface area contributed by atoms with Crippen molar-refractivity contribution in [2.45, 2.75) is 45.6 Å². The number of nitrogens with zero attached hydrogens (tertiary/aromatic N) is 1. The smallest absolute Gasteiger partial charge is 0.141 e. The van der Waals surface area contributed by atoms with Crippen LogP contribution < -0.4 is 0 Å². The predicted octanol–water partition coefficient (Wildman–Crippen LogP) is 3.25. The highest BCUT2D eigenvalue weighted by atomic mass is 19.1. The van der Waals surface area contributed by atoms with Gasteiger partial charge in [0.1, 0.15) is 5.82 Å². The van der Waals surface area contributed by atoms with Crippen molar-refractivity contribution >= 4 is 0 Å². The molecule has 0 aromatic carbocycles. The van der Waals surface area contributed by atoms with Crippen molar-refractivity contribution < 1.29 is 9.50 Å². The van der Waals surface area contributed by atoms with Crippen molar-refractivity contribution in [2.75, 3.05) is 0 Å². The molecule has 0 amide bonds. The van der Waals surface area contributed by atoms with Crippen LogP contribution >= 0.6 is 0 Å². The van der Waals surface area contributed by atoms with E-state index in [9.17, 15) is 9.50 Å². The Balaban J connectivity index is 2.62. The van der Waals surface area contributed by atoms with Gasteiger partial charge in [0.15, 0.2) is 0 Å². The predicted molar refractivity (Wildman–Crippen MR) is 62.5 cm³/mol. The lowest BCUT2D eigenvalue weighted by atomic mass is 9.90. The summed E-state index contributed by atoms with van der Waals surface area (Å²) < 4.78 is 13.0. The number of pyridine rings is 1. The molecule has 1 unspecified atom stereocenters. The van der Waals surface area contributed by atoms with Gasteiger partial charge in [-0.3, -0.25) is 4.98 Å². The van der Waals surface area contributed by atoms with Crippen molar-refractivity contribution in [3.8, 4) is 0 Å². The molecule has 0 aliphatic carbocycles. The van der Waals surface area contributed by atoms with Crippen molar-refractivity contribution in [3.05, 3.63) is 29.8 Å². The summed E-state index contributed by atoms with van der Waals surface area (Å²) in [7, 11) is 0. The lowest BCUT2D eigenvalue weighted by molar-refractivity contribution is 0.0434. The molecule has 1 N–H and O–H groups in total. The third-order valence-corrected chi connectivity index (χ3v) is 2.77. The summed E-state index contributed by atoms with van der Waals surface area (Å²) >= 11 is 0. The molecule has 2 nitrogen and oxygen atoms in total. The molecule has 3 heteroatoms. The molecule has 16 heavy (non-hydrogen) atoms. The van der Waals surface area contributed by atoms with E-state index in [0.717, 1.165) is 19.0 Å². The highest BCUT2D eigenvalue weighted by Crippen LogP contribution is 2.27. The van der Waals surface area contributed by atoms with Crippen LogP contribution in [0.1, 0.15) is 45.6 Å². The molecule has 1 aromatic heterocycles. The van der Waals surface area contributed by atoms with Crippen LogP contribution in [0.15, 0.2) is 18.5 Å².